The Morgan fingerprint density at radius 3 is 2.74 bits per heavy atom. The zero-order valence-electron chi connectivity index (χ0n) is 23.4. The standard InChI is InChI=1S/C29H35ClN8O4/c30-25-16-26(35-28(34-25)37-11-10-31-18-37)38-13-12-36(29(40)33-21-4-2-1-3-5-21)17-22(38)15-27(39)32-9-8-20-6-7-23-24(14-20)42-19-41-23/h6-7,10-11,14,16,18,21-22H,1-5,8-9,12-13,15,17,19H2,(H,32,39)(H,33,40). The number of halogens is 1. The predicted molar refractivity (Wildman–Crippen MR) is 156 cm³/mol. The van der Waals surface area contributed by atoms with E-state index in [9.17, 15) is 9.59 Å². The van der Waals surface area contributed by atoms with Gasteiger partial charge in [0.1, 0.15) is 17.3 Å². The van der Waals surface area contributed by atoms with Crippen molar-refractivity contribution in [3.05, 3.63) is 53.7 Å². The fourth-order valence-electron chi connectivity index (χ4n) is 5.79. The summed E-state index contributed by atoms with van der Waals surface area (Å²) in [5.41, 5.74) is 1.05. The summed E-state index contributed by atoms with van der Waals surface area (Å²) in [5, 5.41) is 6.55. The summed E-state index contributed by atoms with van der Waals surface area (Å²) in [4.78, 5) is 43.5. The van der Waals surface area contributed by atoms with E-state index in [1.54, 1.807) is 29.4 Å². The maximum Gasteiger partial charge on any atom is 0.317 e. The highest BCUT2D eigenvalue weighted by atomic mass is 35.5. The highest BCUT2D eigenvalue weighted by Gasteiger charge is 2.33. The Kier molecular flexibility index (Phi) is 8.59. The molecular formula is C29H35ClN8O4. The zero-order valence-corrected chi connectivity index (χ0v) is 24.1. The summed E-state index contributed by atoms with van der Waals surface area (Å²) in [5.74, 6) is 2.35. The van der Waals surface area contributed by atoms with Crippen LogP contribution < -0.4 is 25.0 Å². The summed E-state index contributed by atoms with van der Waals surface area (Å²) in [6, 6.07) is 7.33. The van der Waals surface area contributed by atoms with E-state index < -0.39 is 0 Å². The van der Waals surface area contributed by atoms with Crippen molar-refractivity contribution in [2.24, 2.45) is 0 Å². The normalized spacial score (nSPS) is 18.6. The van der Waals surface area contributed by atoms with Crippen LogP contribution in [0, 0.1) is 0 Å². The van der Waals surface area contributed by atoms with Gasteiger partial charge in [-0.2, -0.15) is 4.98 Å². The van der Waals surface area contributed by atoms with Crippen molar-refractivity contribution < 1.29 is 19.1 Å². The number of benzene rings is 1. The number of anilines is 1. The number of rotatable bonds is 8. The van der Waals surface area contributed by atoms with Gasteiger partial charge in [-0.1, -0.05) is 36.9 Å². The number of nitrogens with zero attached hydrogens (tertiary/aromatic N) is 6. The van der Waals surface area contributed by atoms with E-state index in [-0.39, 0.29) is 42.4 Å². The molecule has 42 heavy (non-hydrogen) atoms. The summed E-state index contributed by atoms with van der Waals surface area (Å²) in [7, 11) is 0. The zero-order chi connectivity index (χ0) is 28.9. The molecule has 12 nitrogen and oxygen atoms in total. The second-order valence-corrected chi connectivity index (χ2v) is 11.3. The molecule has 6 rings (SSSR count). The van der Waals surface area contributed by atoms with Gasteiger partial charge in [0.25, 0.3) is 0 Å². The summed E-state index contributed by atoms with van der Waals surface area (Å²) in [6.07, 6.45) is 11.4. The van der Waals surface area contributed by atoms with Crippen molar-refractivity contribution in [1.29, 1.82) is 0 Å². The molecule has 0 bridgehead atoms. The molecule has 2 aliphatic heterocycles. The smallest absolute Gasteiger partial charge is 0.317 e. The number of urea groups is 1. The molecule has 3 amide bonds. The second kappa shape index (κ2) is 12.8. The second-order valence-electron chi connectivity index (χ2n) is 10.9. The van der Waals surface area contributed by atoms with Crippen molar-refractivity contribution in [2.45, 2.75) is 57.0 Å². The predicted octanol–water partition coefficient (Wildman–Crippen LogP) is 3.33. The van der Waals surface area contributed by atoms with Crippen molar-refractivity contribution in [3.63, 3.8) is 0 Å². The third-order valence-corrected chi connectivity index (χ3v) is 8.19. The fourth-order valence-corrected chi connectivity index (χ4v) is 5.97. The number of fused-ring (bicyclic) bond motifs is 1. The van der Waals surface area contributed by atoms with Gasteiger partial charge in [0, 0.05) is 57.1 Å². The van der Waals surface area contributed by atoms with E-state index in [4.69, 9.17) is 26.1 Å². The molecule has 2 fully saturated rings. The maximum atomic E-state index is 13.2. The molecule has 2 N–H and O–H groups in total. The largest absolute Gasteiger partial charge is 0.454 e. The molecule has 0 spiro atoms. The van der Waals surface area contributed by atoms with E-state index in [1.807, 2.05) is 23.1 Å². The van der Waals surface area contributed by atoms with Crippen LogP contribution in [-0.2, 0) is 11.2 Å². The minimum atomic E-state index is -0.303. The third-order valence-electron chi connectivity index (χ3n) is 8.00. The fraction of sp³-hybridized carbons (Fsp3) is 0.483. The molecule has 1 saturated heterocycles. The van der Waals surface area contributed by atoms with Gasteiger partial charge in [0.2, 0.25) is 18.6 Å². The van der Waals surface area contributed by atoms with Crippen molar-refractivity contribution in [1.82, 2.24) is 35.1 Å². The van der Waals surface area contributed by atoms with Crippen LogP contribution in [0.25, 0.3) is 5.95 Å². The van der Waals surface area contributed by atoms with Crippen LogP contribution in [0.1, 0.15) is 44.1 Å². The minimum Gasteiger partial charge on any atom is -0.454 e. The Morgan fingerprint density at radius 2 is 1.90 bits per heavy atom. The maximum absolute atomic E-state index is 13.2. The van der Waals surface area contributed by atoms with Gasteiger partial charge >= 0.3 is 6.03 Å². The third kappa shape index (κ3) is 6.70. The van der Waals surface area contributed by atoms with Gasteiger partial charge in [-0.25, -0.2) is 14.8 Å². The van der Waals surface area contributed by atoms with Gasteiger partial charge in [0.05, 0.1) is 6.04 Å². The monoisotopic (exact) mass is 594 g/mol. The van der Waals surface area contributed by atoms with Crippen LogP contribution in [0.5, 0.6) is 11.5 Å². The minimum absolute atomic E-state index is 0.0745. The highest BCUT2D eigenvalue weighted by molar-refractivity contribution is 6.29. The number of hydrogen-bond donors (Lipinski definition) is 2. The molecule has 222 valence electrons. The first-order valence-corrected chi connectivity index (χ1v) is 14.9. The van der Waals surface area contributed by atoms with Crippen LogP contribution in [0.3, 0.4) is 0 Å². The first-order chi connectivity index (χ1) is 20.5. The van der Waals surface area contributed by atoms with Crippen LogP contribution in [0.15, 0.2) is 43.0 Å². The van der Waals surface area contributed by atoms with Crippen LogP contribution in [-0.4, -0.2) is 81.4 Å². The lowest BCUT2D eigenvalue weighted by molar-refractivity contribution is -0.121. The van der Waals surface area contributed by atoms with Crippen molar-refractivity contribution in [3.8, 4) is 17.4 Å². The Hall–Kier alpha value is -4.06. The number of imidazole rings is 1. The molecule has 3 aliphatic rings. The number of ether oxygens (including phenoxy) is 2. The van der Waals surface area contributed by atoms with Crippen molar-refractivity contribution >= 4 is 29.4 Å². The van der Waals surface area contributed by atoms with E-state index in [1.165, 1.54) is 6.42 Å². The van der Waals surface area contributed by atoms with Crippen LogP contribution >= 0.6 is 11.6 Å². The average Bonchev–Trinajstić information content (AvgIpc) is 3.70. The first-order valence-electron chi connectivity index (χ1n) is 14.5. The van der Waals surface area contributed by atoms with E-state index in [0.717, 1.165) is 42.7 Å². The molecule has 1 saturated carbocycles. The highest BCUT2D eigenvalue weighted by Crippen LogP contribution is 2.32. The molecular weight excluding hydrogens is 560 g/mol. The SMILES string of the molecule is O=C(CC1CN(C(=O)NC2CCCCC2)CCN1c1cc(Cl)nc(-n2ccnc2)n1)NCCc1ccc2c(c1)OCO2. The van der Waals surface area contributed by atoms with Gasteiger partial charge in [-0.3, -0.25) is 9.36 Å². The van der Waals surface area contributed by atoms with Gasteiger partial charge in [-0.05, 0) is 37.0 Å². The Labute approximate surface area is 249 Å². The molecule has 4 heterocycles. The Bertz CT molecular complexity index is 1400. The average molecular weight is 595 g/mol. The molecule has 0 radical (unpaired) electrons. The number of hydrogen-bond acceptors (Lipinski definition) is 8. The number of piperazine rings is 1. The number of aromatic nitrogens is 4. The van der Waals surface area contributed by atoms with E-state index in [2.05, 4.69) is 25.5 Å². The van der Waals surface area contributed by atoms with E-state index >= 15 is 0 Å². The lowest BCUT2D eigenvalue weighted by Crippen LogP contribution is -2.59. The molecule has 1 aliphatic carbocycles. The molecule has 1 atom stereocenters. The molecule has 2 aromatic heterocycles. The van der Waals surface area contributed by atoms with E-state index in [0.29, 0.717) is 44.4 Å². The molecule has 1 aromatic carbocycles. The lowest BCUT2D eigenvalue weighted by Gasteiger charge is -2.42. The summed E-state index contributed by atoms with van der Waals surface area (Å²) in [6.45, 7) is 2.09. The molecule has 3 aromatic rings. The number of amides is 3. The topological polar surface area (TPSA) is 127 Å². The van der Waals surface area contributed by atoms with Crippen molar-refractivity contribution in [2.75, 3.05) is 37.9 Å². The molecule has 1 unspecified atom stereocenters. The number of nitrogens with one attached hydrogen (secondary N) is 2. The van der Waals surface area contributed by atoms with Crippen LogP contribution in [0.2, 0.25) is 5.15 Å². The summed E-state index contributed by atoms with van der Waals surface area (Å²) >= 11 is 6.41. The first kappa shape index (κ1) is 28.1. The lowest BCUT2D eigenvalue weighted by atomic mass is 9.96. The number of carbonyl (C=O) groups excluding carboxylic acids is 2. The van der Waals surface area contributed by atoms with Crippen LogP contribution in [0.4, 0.5) is 10.6 Å². The Morgan fingerprint density at radius 1 is 1.05 bits per heavy atom. The summed E-state index contributed by atoms with van der Waals surface area (Å²) < 4.78 is 12.5. The Balaban J connectivity index is 1.14. The number of carbonyl (C=O) groups is 2. The quantitative estimate of drug-likeness (QED) is 0.380. The van der Waals surface area contributed by atoms with Gasteiger partial charge < -0.3 is 29.9 Å². The molecule has 13 heteroatoms. The van der Waals surface area contributed by atoms with Gasteiger partial charge in [-0.15, -0.1) is 0 Å². The van der Waals surface area contributed by atoms with Gasteiger partial charge in [0.15, 0.2) is 11.5 Å².